The van der Waals surface area contributed by atoms with E-state index in [4.69, 9.17) is 0 Å². The van der Waals surface area contributed by atoms with Gasteiger partial charge in [0.15, 0.2) is 0 Å². The molecule has 106 valence electrons. The van der Waals surface area contributed by atoms with Crippen LogP contribution in [0.2, 0.25) is 0 Å². The van der Waals surface area contributed by atoms with Gasteiger partial charge in [0.1, 0.15) is 0 Å². The fraction of sp³-hybridized carbons (Fsp3) is 0.800. The number of aromatic nitrogens is 3. The quantitative estimate of drug-likeness (QED) is 0.886. The Morgan fingerprint density at radius 2 is 1.53 bits per heavy atom. The van der Waals surface area contributed by atoms with Crippen molar-refractivity contribution in [3.05, 3.63) is 11.4 Å². The molecular weight excluding hydrogens is 236 g/mol. The van der Waals surface area contributed by atoms with E-state index in [1.807, 2.05) is 13.8 Å². The molecule has 1 aliphatic rings. The zero-order valence-corrected chi connectivity index (χ0v) is 13.0. The number of aryl methyl sites for hydroxylation is 2. The molecule has 1 saturated carbocycles. The molecule has 0 bridgehead atoms. The van der Waals surface area contributed by atoms with E-state index in [9.17, 15) is 0 Å². The molecule has 1 aromatic heterocycles. The van der Waals surface area contributed by atoms with E-state index in [0.29, 0.717) is 22.8 Å². The molecule has 0 spiro atoms. The zero-order valence-electron chi connectivity index (χ0n) is 13.0. The van der Waals surface area contributed by atoms with Gasteiger partial charge in [-0.25, -0.2) is 4.98 Å². The van der Waals surface area contributed by atoms with Crippen LogP contribution in [0.25, 0.3) is 0 Å². The topological polar surface area (TPSA) is 50.7 Å². The molecule has 0 amide bonds. The van der Waals surface area contributed by atoms with Crippen LogP contribution >= 0.6 is 0 Å². The molecule has 2 rings (SSSR count). The molecule has 1 aromatic rings. The average Bonchev–Trinajstić information content (AvgIpc) is 2.18. The van der Waals surface area contributed by atoms with Gasteiger partial charge in [0.2, 0.25) is 5.95 Å². The van der Waals surface area contributed by atoms with E-state index < -0.39 is 0 Å². The minimum absolute atomic E-state index is 0.368. The van der Waals surface area contributed by atoms with Gasteiger partial charge in [0.05, 0.1) is 11.4 Å². The number of nitrogens with one attached hydrogen (secondary N) is 1. The van der Waals surface area contributed by atoms with Crippen molar-refractivity contribution in [3.8, 4) is 0 Å². The van der Waals surface area contributed by atoms with Crippen LogP contribution in [-0.4, -0.2) is 21.2 Å². The predicted octanol–water partition coefficient (Wildman–Crippen LogP) is 3.51. The lowest BCUT2D eigenvalue weighted by Gasteiger charge is -2.45. The summed E-state index contributed by atoms with van der Waals surface area (Å²) in [5.74, 6) is 0.668. The predicted molar refractivity (Wildman–Crippen MR) is 78.1 cm³/mol. The summed E-state index contributed by atoms with van der Waals surface area (Å²) >= 11 is 0. The van der Waals surface area contributed by atoms with Crippen molar-refractivity contribution >= 4 is 5.95 Å². The maximum atomic E-state index is 4.48. The minimum Gasteiger partial charge on any atom is -0.350 e. The van der Waals surface area contributed by atoms with Crippen LogP contribution < -0.4 is 5.32 Å². The van der Waals surface area contributed by atoms with E-state index in [2.05, 4.69) is 48.2 Å². The first-order valence-electron chi connectivity index (χ1n) is 7.11. The van der Waals surface area contributed by atoms with Gasteiger partial charge < -0.3 is 5.32 Å². The van der Waals surface area contributed by atoms with Gasteiger partial charge >= 0.3 is 0 Å². The molecule has 0 radical (unpaired) electrons. The van der Waals surface area contributed by atoms with Gasteiger partial charge in [-0.15, -0.1) is 5.10 Å². The highest BCUT2D eigenvalue weighted by Crippen LogP contribution is 2.46. The first-order valence-corrected chi connectivity index (χ1v) is 7.11. The Kier molecular flexibility index (Phi) is 3.54. The molecule has 4 nitrogen and oxygen atoms in total. The number of nitrogens with zero attached hydrogens (tertiary/aromatic N) is 3. The lowest BCUT2D eigenvalue weighted by molar-refractivity contribution is 0.105. The Morgan fingerprint density at radius 3 is 2.05 bits per heavy atom. The van der Waals surface area contributed by atoms with Gasteiger partial charge in [-0.2, -0.15) is 5.10 Å². The third kappa shape index (κ3) is 3.64. The van der Waals surface area contributed by atoms with Crippen LogP contribution in [0.1, 0.15) is 58.3 Å². The lowest BCUT2D eigenvalue weighted by atomic mass is 9.63. The van der Waals surface area contributed by atoms with Crippen LogP contribution in [0.4, 0.5) is 5.95 Å². The van der Waals surface area contributed by atoms with Crippen molar-refractivity contribution in [1.82, 2.24) is 15.2 Å². The summed E-state index contributed by atoms with van der Waals surface area (Å²) in [6.45, 7) is 13.3. The van der Waals surface area contributed by atoms with E-state index >= 15 is 0 Å². The molecule has 0 saturated heterocycles. The Morgan fingerprint density at radius 1 is 0.947 bits per heavy atom. The van der Waals surface area contributed by atoms with Crippen molar-refractivity contribution in [3.63, 3.8) is 0 Å². The standard InChI is InChI=1S/C15H26N4/c1-10-11(2)18-19-13(16-10)17-12-7-14(3,4)9-15(5,6)8-12/h12H,7-9H2,1-6H3,(H,16,17,19). The third-order valence-corrected chi connectivity index (χ3v) is 3.98. The highest BCUT2D eigenvalue weighted by atomic mass is 15.2. The van der Waals surface area contributed by atoms with E-state index in [1.165, 1.54) is 6.42 Å². The summed E-state index contributed by atoms with van der Waals surface area (Å²) in [6.07, 6.45) is 3.59. The maximum Gasteiger partial charge on any atom is 0.243 e. The number of hydrogen-bond donors (Lipinski definition) is 1. The summed E-state index contributed by atoms with van der Waals surface area (Å²) in [7, 11) is 0. The minimum atomic E-state index is 0.368. The molecule has 0 aliphatic heterocycles. The Balaban J connectivity index is 2.11. The highest BCUT2D eigenvalue weighted by Gasteiger charge is 2.38. The van der Waals surface area contributed by atoms with Crippen molar-refractivity contribution in [2.24, 2.45) is 10.8 Å². The second-order valence-electron chi connectivity index (χ2n) is 7.56. The molecule has 1 N–H and O–H groups in total. The molecule has 0 unspecified atom stereocenters. The van der Waals surface area contributed by atoms with Crippen molar-refractivity contribution in [2.75, 3.05) is 5.32 Å². The van der Waals surface area contributed by atoms with Crippen LogP contribution in [0.5, 0.6) is 0 Å². The molecule has 4 heteroatoms. The van der Waals surface area contributed by atoms with Gasteiger partial charge in [-0.05, 0) is 43.9 Å². The van der Waals surface area contributed by atoms with Crippen LogP contribution in [-0.2, 0) is 0 Å². The summed E-state index contributed by atoms with van der Waals surface area (Å²) in [5, 5.41) is 11.8. The number of rotatable bonds is 2. The van der Waals surface area contributed by atoms with Gasteiger partial charge in [-0.3, -0.25) is 0 Å². The summed E-state index contributed by atoms with van der Waals surface area (Å²) in [5.41, 5.74) is 2.58. The largest absolute Gasteiger partial charge is 0.350 e. The van der Waals surface area contributed by atoms with E-state index in [1.54, 1.807) is 0 Å². The first kappa shape index (κ1) is 14.2. The third-order valence-electron chi connectivity index (χ3n) is 3.98. The van der Waals surface area contributed by atoms with Gasteiger partial charge in [0, 0.05) is 6.04 Å². The summed E-state index contributed by atoms with van der Waals surface area (Å²) in [6, 6.07) is 0.433. The monoisotopic (exact) mass is 262 g/mol. The summed E-state index contributed by atoms with van der Waals surface area (Å²) in [4.78, 5) is 4.48. The summed E-state index contributed by atoms with van der Waals surface area (Å²) < 4.78 is 0. The fourth-order valence-electron chi connectivity index (χ4n) is 3.65. The Labute approximate surface area is 116 Å². The first-order chi connectivity index (χ1) is 8.67. The van der Waals surface area contributed by atoms with Crippen LogP contribution in [0.3, 0.4) is 0 Å². The van der Waals surface area contributed by atoms with E-state index in [-0.39, 0.29) is 0 Å². The molecule has 1 fully saturated rings. The average molecular weight is 262 g/mol. The van der Waals surface area contributed by atoms with Crippen LogP contribution in [0, 0.1) is 24.7 Å². The Hall–Kier alpha value is -1.19. The van der Waals surface area contributed by atoms with Crippen molar-refractivity contribution < 1.29 is 0 Å². The Bertz CT molecular complexity index is 449. The second kappa shape index (κ2) is 4.73. The van der Waals surface area contributed by atoms with Crippen LogP contribution in [0.15, 0.2) is 0 Å². The van der Waals surface area contributed by atoms with Gasteiger partial charge in [0.25, 0.3) is 0 Å². The molecule has 0 aromatic carbocycles. The maximum absolute atomic E-state index is 4.48. The number of hydrogen-bond acceptors (Lipinski definition) is 4. The molecular formula is C15H26N4. The van der Waals surface area contributed by atoms with Crippen molar-refractivity contribution in [2.45, 2.75) is 66.8 Å². The lowest BCUT2D eigenvalue weighted by Crippen LogP contribution is -2.40. The molecule has 19 heavy (non-hydrogen) atoms. The van der Waals surface area contributed by atoms with E-state index in [0.717, 1.165) is 24.2 Å². The van der Waals surface area contributed by atoms with Crippen molar-refractivity contribution in [1.29, 1.82) is 0 Å². The fourth-order valence-corrected chi connectivity index (χ4v) is 3.65. The highest BCUT2D eigenvalue weighted by molar-refractivity contribution is 5.27. The smallest absolute Gasteiger partial charge is 0.243 e. The van der Waals surface area contributed by atoms with Gasteiger partial charge in [-0.1, -0.05) is 27.7 Å². The molecule has 1 aliphatic carbocycles. The number of anilines is 1. The second-order valence-corrected chi connectivity index (χ2v) is 7.56. The molecule has 1 heterocycles. The normalized spacial score (nSPS) is 22.2. The SMILES string of the molecule is Cc1nnc(NC2CC(C)(C)CC(C)(C)C2)nc1C. The molecule has 0 atom stereocenters. The zero-order chi connectivity index (χ0) is 14.3.